The molecule has 4 heteroatoms. The van der Waals surface area contributed by atoms with E-state index in [9.17, 15) is 19.8 Å². The summed E-state index contributed by atoms with van der Waals surface area (Å²) in [5.74, 6) is -4.22. The molecule has 6 rings (SSSR count). The monoisotopic (exact) mass is 372 g/mol. The Morgan fingerprint density at radius 3 is 1.89 bits per heavy atom. The van der Waals surface area contributed by atoms with Gasteiger partial charge in [0.15, 0.2) is 0 Å². The Kier molecular flexibility index (Phi) is 3.17. The van der Waals surface area contributed by atoms with Gasteiger partial charge in [-0.05, 0) is 33.0 Å². The highest BCUT2D eigenvalue weighted by Crippen LogP contribution is 2.65. The third-order valence-corrected chi connectivity index (χ3v) is 7.16. The van der Waals surface area contributed by atoms with Gasteiger partial charge in [-0.15, -0.1) is 0 Å². The second-order valence-electron chi connectivity index (χ2n) is 8.29. The van der Waals surface area contributed by atoms with Crippen molar-refractivity contribution in [3.05, 3.63) is 82.9 Å². The zero-order chi connectivity index (χ0) is 19.8. The Labute approximate surface area is 162 Å². The molecule has 140 valence electrons. The summed E-state index contributed by atoms with van der Waals surface area (Å²) in [5, 5.41) is 22.4. The number of hydrogen-bond donors (Lipinski definition) is 2. The van der Waals surface area contributed by atoms with Crippen molar-refractivity contribution in [2.45, 2.75) is 24.7 Å². The third kappa shape index (κ3) is 1.71. The molecule has 3 aliphatic rings. The van der Waals surface area contributed by atoms with Gasteiger partial charge in [0, 0.05) is 10.8 Å². The van der Waals surface area contributed by atoms with Gasteiger partial charge in [-0.3, -0.25) is 9.59 Å². The maximum Gasteiger partial charge on any atom is 0.308 e. The zero-order valence-electron chi connectivity index (χ0n) is 15.6. The van der Waals surface area contributed by atoms with Crippen LogP contribution in [0.1, 0.15) is 36.1 Å². The highest BCUT2D eigenvalue weighted by atomic mass is 16.4. The SMILES string of the molecule is C[C@@]12c3ccccc3[C@](C)(c3ccc4ccccc4c31)[C@@H](C(=O)O)[C@H]2C(=O)O. The van der Waals surface area contributed by atoms with Crippen molar-refractivity contribution in [3.8, 4) is 0 Å². The van der Waals surface area contributed by atoms with Crippen LogP contribution in [0.3, 0.4) is 0 Å². The fourth-order valence-electron chi connectivity index (χ4n) is 6.04. The van der Waals surface area contributed by atoms with Crippen molar-refractivity contribution in [1.29, 1.82) is 0 Å². The molecule has 3 aromatic rings. The van der Waals surface area contributed by atoms with Crippen molar-refractivity contribution in [1.82, 2.24) is 0 Å². The Bertz CT molecular complexity index is 1180. The summed E-state index contributed by atoms with van der Waals surface area (Å²) in [6.07, 6.45) is 0. The van der Waals surface area contributed by atoms with Gasteiger partial charge in [-0.25, -0.2) is 0 Å². The average Bonchev–Trinajstić information content (AvgIpc) is 2.68. The number of carbonyl (C=O) groups is 2. The molecule has 0 heterocycles. The largest absolute Gasteiger partial charge is 0.481 e. The number of carboxylic acids is 2. The van der Waals surface area contributed by atoms with Crippen LogP contribution in [0.25, 0.3) is 10.8 Å². The van der Waals surface area contributed by atoms with E-state index in [1.54, 1.807) is 0 Å². The molecule has 28 heavy (non-hydrogen) atoms. The van der Waals surface area contributed by atoms with E-state index in [-0.39, 0.29) is 0 Å². The van der Waals surface area contributed by atoms with Crippen LogP contribution in [0.5, 0.6) is 0 Å². The predicted molar refractivity (Wildman–Crippen MR) is 106 cm³/mol. The summed E-state index contributed by atoms with van der Waals surface area (Å²) in [6, 6.07) is 19.7. The fourth-order valence-corrected chi connectivity index (χ4v) is 6.04. The number of benzene rings is 3. The first kappa shape index (κ1) is 17.0. The van der Waals surface area contributed by atoms with E-state index in [0.29, 0.717) is 0 Å². The second-order valence-corrected chi connectivity index (χ2v) is 8.29. The van der Waals surface area contributed by atoms with Gasteiger partial charge < -0.3 is 10.2 Å². The lowest BCUT2D eigenvalue weighted by Gasteiger charge is -2.59. The highest BCUT2D eigenvalue weighted by Gasteiger charge is 2.66. The third-order valence-electron chi connectivity index (χ3n) is 7.16. The van der Waals surface area contributed by atoms with Crippen molar-refractivity contribution in [2.75, 3.05) is 0 Å². The van der Waals surface area contributed by atoms with Crippen LogP contribution >= 0.6 is 0 Å². The topological polar surface area (TPSA) is 74.6 Å². The Hall–Kier alpha value is -3.14. The first-order chi connectivity index (χ1) is 13.3. The summed E-state index contributed by atoms with van der Waals surface area (Å²) in [7, 11) is 0. The normalized spacial score (nSPS) is 29.9. The summed E-state index contributed by atoms with van der Waals surface area (Å²) in [6.45, 7) is 3.80. The van der Waals surface area contributed by atoms with Crippen LogP contribution in [0.4, 0.5) is 0 Å². The van der Waals surface area contributed by atoms with Crippen LogP contribution in [-0.4, -0.2) is 22.2 Å². The van der Waals surface area contributed by atoms with Gasteiger partial charge in [-0.1, -0.05) is 74.5 Å². The molecule has 3 aromatic carbocycles. The Morgan fingerprint density at radius 1 is 0.714 bits per heavy atom. The smallest absolute Gasteiger partial charge is 0.308 e. The van der Waals surface area contributed by atoms with Gasteiger partial charge in [-0.2, -0.15) is 0 Å². The summed E-state index contributed by atoms with van der Waals surface area (Å²) >= 11 is 0. The van der Waals surface area contributed by atoms with Gasteiger partial charge in [0.2, 0.25) is 0 Å². The Morgan fingerprint density at radius 2 is 1.25 bits per heavy atom. The zero-order valence-corrected chi connectivity index (χ0v) is 15.6. The molecule has 4 nitrogen and oxygen atoms in total. The molecule has 0 unspecified atom stereocenters. The molecular formula is C24H20O4. The number of aliphatic carboxylic acids is 2. The quantitative estimate of drug-likeness (QED) is 0.708. The first-order valence-electron chi connectivity index (χ1n) is 9.41. The lowest BCUT2D eigenvalue weighted by atomic mass is 9.41. The Balaban J connectivity index is 2.04. The second kappa shape index (κ2) is 5.22. The van der Waals surface area contributed by atoms with Crippen LogP contribution in [0, 0.1) is 11.8 Å². The molecule has 4 atom stereocenters. The van der Waals surface area contributed by atoms with Gasteiger partial charge >= 0.3 is 11.9 Å². The van der Waals surface area contributed by atoms with E-state index in [1.165, 1.54) is 0 Å². The minimum Gasteiger partial charge on any atom is -0.481 e. The molecule has 2 N–H and O–H groups in total. The summed E-state index contributed by atoms with van der Waals surface area (Å²) in [4.78, 5) is 24.9. The number of carboxylic acid groups (broad SMARTS) is 2. The van der Waals surface area contributed by atoms with Crippen LogP contribution in [-0.2, 0) is 20.4 Å². The average molecular weight is 372 g/mol. The van der Waals surface area contributed by atoms with E-state index in [2.05, 4.69) is 0 Å². The maximum absolute atomic E-state index is 12.5. The molecule has 0 amide bonds. The number of fused-ring (bicyclic) bond motifs is 2. The van der Waals surface area contributed by atoms with Crippen molar-refractivity contribution >= 4 is 22.7 Å². The van der Waals surface area contributed by atoms with Crippen molar-refractivity contribution in [3.63, 3.8) is 0 Å². The van der Waals surface area contributed by atoms with Crippen LogP contribution in [0.2, 0.25) is 0 Å². The molecule has 0 fully saturated rings. The fraction of sp³-hybridized carbons (Fsp3) is 0.250. The van der Waals surface area contributed by atoms with E-state index in [0.717, 1.165) is 33.0 Å². The molecule has 0 spiro atoms. The van der Waals surface area contributed by atoms with E-state index < -0.39 is 34.6 Å². The predicted octanol–water partition coefficient (Wildman–Crippen LogP) is 4.18. The first-order valence-corrected chi connectivity index (χ1v) is 9.41. The lowest BCUT2D eigenvalue weighted by Crippen LogP contribution is -2.62. The van der Waals surface area contributed by atoms with Crippen molar-refractivity contribution < 1.29 is 19.8 Å². The molecular weight excluding hydrogens is 352 g/mol. The van der Waals surface area contributed by atoms with Gasteiger partial charge in [0.1, 0.15) is 0 Å². The van der Waals surface area contributed by atoms with Gasteiger partial charge in [0.05, 0.1) is 11.8 Å². The molecule has 0 saturated heterocycles. The highest BCUT2D eigenvalue weighted by molar-refractivity contribution is 5.96. The molecule has 0 aliphatic heterocycles. The minimum absolute atomic E-state index is 0.914. The van der Waals surface area contributed by atoms with Gasteiger partial charge in [0.25, 0.3) is 0 Å². The molecule has 0 aromatic heterocycles. The molecule has 2 bridgehead atoms. The maximum atomic E-state index is 12.5. The van der Waals surface area contributed by atoms with E-state index in [1.807, 2.05) is 74.5 Å². The molecule has 0 saturated carbocycles. The van der Waals surface area contributed by atoms with Crippen molar-refractivity contribution in [2.24, 2.45) is 11.8 Å². The number of hydrogen-bond acceptors (Lipinski definition) is 2. The van der Waals surface area contributed by atoms with Crippen LogP contribution < -0.4 is 0 Å². The summed E-state index contributed by atoms with van der Waals surface area (Å²) in [5.41, 5.74) is 1.88. The van der Waals surface area contributed by atoms with E-state index in [4.69, 9.17) is 0 Å². The summed E-state index contributed by atoms with van der Waals surface area (Å²) < 4.78 is 0. The lowest BCUT2D eigenvalue weighted by molar-refractivity contribution is -0.160. The van der Waals surface area contributed by atoms with E-state index >= 15 is 0 Å². The van der Waals surface area contributed by atoms with Crippen LogP contribution in [0.15, 0.2) is 60.7 Å². The molecule has 3 aliphatic carbocycles. The number of rotatable bonds is 2. The standard InChI is InChI=1S/C24H20O4/c1-23-15-9-5-6-10-16(15)24(2,20(22(27)28)19(23)21(25)26)18-14-8-4-3-7-13(14)11-12-17(18)23/h3-12,19-20H,1-2H3,(H,25,26)(H,27,28)/t19-,20+,23-,24-/m1/s1. The minimum atomic E-state index is -1.06. The molecule has 0 radical (unpaired) electrons.